The van der Waals surface area contributed by atoms with Gasteiger partial charge in [-0.15, -0.1) is 0 Å². The SMILES string of the molecule is CCc1oc(C(=O)OC)cc1S(=O)(=O)N1C[C@H]2CNC[C@H]2C1. The van der Waals surface area contributed by atoms with Gasteiger partial charge in [-0.05, 0) is 24.9 Å². The summed E-state index contributed by atoms with van der Waals surface area (Å²) in [7, 11) is -2.40. The Hall–Kier alpha value is -1.38. The lowest BCUT2D eigenvalue weighted by molar-refractivity contribution is 0.0563. The van der Waals surface area contributed by atoms with E-state index in [0.717, 1.165) is 13.1 Å². The number of sulfonamides is 1. The van der Waals surface area contributed by atoms with Crippen LogP contribution in [0.1, 0.15) is 23.2 Å². The second kappa shape index (κ2) is 5.68. The van der Waals surface area contributed by atoms with Crippen LogP contribution in [-0.2, 0) is 21.2 Å². The molecule has 2 fully saturated rings. The molecule has 0 bridgehead atoms. The molecule has 0 spiro atoms. The van der Waals surface area contributed by atoms with Crippen molar-refractivity contribution in [2.24, 2.45) is 11.8 Å². The molecular weight excluding hydrogens is 308 g/mol. The van der Waals surface area contributed by atoms with E-state index >= 15 is 0 Å². The summed E-state index contributed by atoms with van der Waals surface area (Å²) in [5.41, 5.74) is 0. The highest BCUT2D eigenvalue weighted by Gasteiger charge is 2.42. The van der Waals surface area contributed by atoms with Crippen molar-refractivity contribution in [2.75, 3.05) is 33.3 Å². The Morgan fingerprint density at radius 3 is 2.59 bits per heavy atom. The van der Waals surface area contributed by atoms with Crippen LogP contribution in [0.2, 0.25) is 0 Å². The predicted octanol–water partition coefficient (Wildman–Crippen LogP) is 0.468. The number of carbonyl (C=O) groups is 1. The van der Waals surface area contributed by atoms with E-state index in [1.807, 2.05) is 0 Å². The highest BCUT2D eigenvalue weighted by Crippen LogP contribution is 2.33. The molecule has 2 aliphatic rings. The number of methoxy groups -OCH3 is 1. The fourth-order valence-corrected chi connectivity index (χ4v) is 5.01. The highest BCUT2D eigenvalue weighted by molar-refractivity contribution is 7.89. The summed E-state index contributed by atoms with van der Waals surface area (Å²) in [6, 6.07) is 1.28. The average molecular weight is 328 g/mol. The molecule has 0 aromatic carbocycles. The van der Waals surface area contributed by atoms with Gasteiger partial charge in [0.15, 0.2) is 0 Å². The Morgan fingerprint density at radius 2 is 2.05 bits per heavy atom. The molecule has 1 N–H and O–H groups in total. The van der Waals surface area contributed by atoms with Crippen molar-refractivity contribution in [3.8, 4) is 0 Å². The number of esters is 1. The van der Waals surface area contributed by atoms with Gasteiger partial charge in [0.1, 0.15) is 10.7 Å². The number of hydrogen-bond donors (Lipinski definition) is 1. The van der Waals surface area contributed by atoms with E-state index in [1.165, 1.54) is 17.5 Å². The first-order valence-corrected chi connectivity index (χ1v) is 8.83. The van der Waals surface area contributed by atoms with Crippen molar-refractivity contribution < 1.29 is 22.4 Å². The predicted molar refractivity (Wildman–Crippen MR) is 78.0 cm³/mol. The molecule has 0 aliphatic carbocycles. The fraction of sp³-hybridized carbons (Fsp3) is 0.643. The molecule has 1 aromatic heterocycles. The van der Waals surface area contributed by atoms with Crippen LogP contribution in [0.5, 0.6) is 0 Å². The van der Waals surface area contributed by atoms with Gasteiger partial charge in [-0.2, -0.15) is 4.31 Å². The number of ether oxygens (including phenoxy) is 1. The van der Waals surface area contributed by atoms with Gasteiger partial charge < -0.3 is 14.5 Å². The highest BCUT2D eigenvalue weighted by atomic mass is 32.2. The quantitative estimate of drug-likeness (QED) is 0.808. The number of rotatable bonds is 4. The second-order valence-electron chi connectivity index (χ2n) is 5.74. The van der Waals surface area contributed by atoms with Crippen molar-refractivity contribution in [1.29, 1.82) is 0 Å². The third kappa shape index (κ3) is 2.45. The molecule has 3 rings (SSSR count). The standard InChI is InChI=1S/C14H20N2O5S/c1-3-11-13(4-12(21-11)14(17)20-2)22(18,19)16-7-9-5-15-6-10(9)8-16/h4,9-10,15H,3,5-8H2,1-2H3/t9-,10+. The lowest BCUT2D eigenvalue weighted by Crippen LogP contribution is -2.32. The molecule has 0 amide bonds. The largest absolute Gasteiger partial charge is 0.463 e. The molecule has 2 atom stereocenters. The van der Waals surface area contributed by atoms with Crippen LogP contribution in [0.15, 0.2) is 15.4 Å². The molecule has 22 heavy (non-hydrogen) atoms. The van der Waals surface area contributed by atoms with Gasteiger partial charge in [-0.3, -0.25) is 0 Å². The van der Waals surface area contributed by atoms with Crippen molar-refractivity contribution in [3.05, 3.63) is 17.6 Å². The number of aryl methyl sites for hydroxylation is 1. The lowest BCUT2D eigenvalue weighted by atomic mass is 10.0. The van der Waals surface area contributed by atoms with Gasteiger partial charge in [-0.1, -0.05) is 6.92 Å². The van der Waals surface area contributed by atoms with Gasteiger partial charge >= 0.3 is 5.97 Å². The van der Waals surface area contributed by atoms with Gasteiger partial charge in [0.05, 0.1) is 7.11 Å². The summed E-state index contributed by atoms with van der Waals surface area (Å²) < 4.78 is 37.2. The van der Waals surface area contributed by atoms with Crippen LogP contribution in [0.25, 0.3) is 0 Å². The van der Waals surface area contributed by atoms with E-state index in [-0.39, 0.29) is 10.7 Å². The maximum absolute atomic E-state index is 12.9. The Morgan fingerprint density at radius 1 is 1.41 bits per heavy atom. The summed E-state index contributed by atoms with van der Waals surface area (Å²) in [6.07, 6.45) is 0.397. The molecule has 122 valence electrons. The number of nitrogens with one attached hydrogen (secondary N) is 1. The molecule has 7 nitrogen and oxygen atoms in total. The molecular formula is C14H20N2O5S. The van der Waals surface area contributed by atoms with Crippen LogP contribution in [-0.4, -0.2) is 52.0 Å². The van der Waals surface area contributed by atoms with Gasteiger partial charge in [0.2, 0.25) is 15.8 Å². The van der Waals surface area contributed by atoms with Crippen LogP contribution in [0.3, 0.4) is 0 Å². The smallest absolute Gasteiger partial charge is 0.373 e. The van der Waals surface area contributed by atoms with Crippen molar-refractivity contribution >= 4 is 16.0 Å². The molecule has 0 saturated carbocycles. The number of furan rings is 1. The molecule has 0 unspecified atom stereocenters. The second-order valence-corrected chi connectivity index (χ2v) is 7.65. The summed E-state index contributed by atoms with van der Waals surface area (Å²) in [4.78, 5) is 11.7. The molecule has 2 saturated heterocycles. The van der Waals surface area contributed by atoms with Crippen LogP contribution >= 0.6 is 0 Å². The Kier molecular flexibility index (Phi) is 4.00. The van der Waals surface area contributed by atoms with E-state index in [1.54, 1.807) is 6.92 Å². The average Bonchev–Trinajstić information content (AvgIpc) is 3.19. The maximum Gasteiger partial charge on any atom is 0.373 e. The van der Waals surface area contributed by atoms with Crippen molar-refractivity contribution in [3.63, 3.8) is 0 Å². The maximum atomic E-state index is 12.9. The number of carbonyl (C=O) groups excluding carboxylic acids is 1. The van der Waals surface area contributed by atoms with E-state index in [4.69, 9.17) is 4.42 Å². The van der Waals surface area contributed by atoms with Crippen molar-refractivity contribution in [2.45, 2.75) is 18.2 Å². The normalized spacial score (nSPS) is 25.4. The summed E-state index contributed by atoms with van der Waals surface area (Å²) >= 11 is 0. The first kappa shape index (κ1) is 15.5. The van der Waals surface area contributed by atoms with Crippen molar-refractivity contribution in [1.82, 2.24) is 9.62 Å². The molecule has 8 heteroatoms. The molecule has 0 radical (unpaired) electrons. The molecule has 3 heterocycles. The summed E-state index contributed by atoms with van der Waals surface area (Å²) in [5, 5.41) is 3.28. The molecule has 2 aliphatic heterocycles. The number of nitrogens with zero attached hydrogens (tertiary/aromatic N) is 1. The summed E-state index contributed by atoms with van der Waals surface area (Å²) in [6.45, 7) is 4.54. The first-order valence-electron chi connectivity index (χ1n) is 7.39. The third-order valence-electron chi connectivity index (χ3n) is 4.45. The number of hydrogen-bond acceptors (Lipinski definition) is 6. The van der Waals surface area contributed by atoms with Gasteiger partial charge in [0, 0.05) is 25.6 Å². The van der Waals surface area contributed by atoms with Crippen LogP contribution in [0, 0.1) is 11.8 Å². The van der Waals surface area contributed by atoms with E-state index in [9.17, 15) is 13.2 Å². The van der Waals surface area contributed by atoms with E-state index in [2.05, 4.69) is 10.1 Å². The third-order valence-corrected chi connectivity index (χ3v) is 6.33. The van der Waals surface area contributed by atoms with Gasteiger partial charge in [0.25, 0.3) is 0 Å². The zero-order chi connectivity index (χ0) is 15.9. The Balaban J connectivity index is 1.92. The lowest BCUT2D eigenvalue weighted by Gasteiger charge is -2.16. The van der Waals surface area contributed by atoms with E-state index in [0.29, 0.717) is 37.1 Å². The topological polar surface area (TPSA) is 88.8 Å². The zero-order valence-electron chi connectivity index (χ0n) is 12.7. The minimum absolute atomic E-state index is 0.0704. The molecule has 1 aromatic rings. The van der Waals surface area contributed by atoms with Crippen LogP contribution < -0.4 is 5.32 Å². The Labute approximate surface area is 129 Å². The summed E-state index contributed by atoms with van der Waals surface area (Å²) in [5.74, 6) is 0.298. The van der Waals surface area contributed by atoms with Crippen LogP contribution in [0.4, 0.5) is 0 Å². The fourth-order valence-electron chi connectivity index (χ4n) is 3.23. The Bertz CT molecular complexity index is 669. The van der Waals surface area contributed by atoms with Gasteiger partial charge in [-0.25, -0.2) is 13.2 Å². The first-order chi connectivity index (χ1) is 10.5. The monoisotopic (exact) mass is 328 g/mol. The minimum Gasteiger partial charge on any atom is -0.463 e. The zero-order valence-corrected chi connectivity index (χ0v) is 13.5. The van der Waals surface area contributed by atoms with E-state index < -0.39 is 16.0 Å². The minimum atomic E-state index is -3.64. The number of fused-ring (bicyclic) bond motifs is 1.